The molecule has 0 unspecified atom stereocenters. The summed E-state index contributed by atoms with van der Waals surface area (Å²) in [6.07, 6.45) is 2.54. The molecule has 1 aliphatic heterocycles. The van der Waals surface area contributed by atoms with E-state index in [9.17, 15) is 9.59 Å². The van der Waals surface area contributed by atoms with Crippen LogP contribution in [0.4, 0.5) is 10.5 Å². The summed E-state index contributed by atoms with van der Waals surface area (Å²) in [6.45, 7) is 9.74. The monoisotopic (exact) mass is 323 g/mol. The van der Waals surface area contributed by atoms with Gasteiger partial charge >= 0.3 is 6.09 Å². The van der Waals surface area contributed by atoms with Crippen LogP contribution in [0, 0.1) is 12.8 Å². The van der Waals surface area contributed by atoms with Gasteiger partial charge in [0.1, 0.15) is 23.2 Å². The van der Waals surface area contributed by atoms with Gasteiger partial charge in [0.05, 0.1) is 5.92 Å². The first-order valence-corrected chi connectivity index (χ1v) is 7.90. The van der Waals surface area contributed by atoms with Gasteiger partial charge in [-0.1, -0.05) is 5.16 Å². The van der Waals surface area contributed by atoms with Crippen molar-refractivity contribution in [2.24, 2.45) is 5.92 Å². The van der Waals surface area contributed by atoms with Gasteiger partial charge in [-0.2, -0.15) is 0 Å². The lowest BCUT2D eigenvalue weighted by molar-refractivity contribution is -0.123. The maximum absolute atomic E-state index is 12.5. The van der Waals surface area contributed by atoms with E-state index in [1.807, 2.05) is 27.7 Å². The van der Waals surface area contributed by atoms with E-state index >= 15 is 0 Å². The first kappa shape index (κ1) is 17.3. The maximum Gasteiger partial charge on any atom is 0.410 e. The molecule has 1 N–H and O–H groups in total. The molecular formula is C16H25N3O4. The molecule has 2 rings (SSSR count). The smallest absolute Gasteiger partial charge is 0.410 e. The van der Waals surface area contributed by atoms with Gasteiger partial charge in [-0.25, -0.2) is 4.79 Å². The Morgan fingerprint density at radius 1 is 1.43 bits per heavy atom. The Labute approximate surface area is 136 Å². The largest absolute Gasteiger partial charge is 0.444 e. The summed E-state index contributed by atoms with van der Waals surface area (Å²) in [7, 11) is 0. The molecular weight excluding hydrogens is 298 g/mol. The fraction of sp³-hybridized carbons (Fsp3) is 0.688. The number of piperidine rings is 1. The minimum Gasteiger partial charge on any atom is -0.444 e. The van der Waals surface area contributed by atoms with E-state index < -0.39 is 5.60 Å². The number of rotatable bonds is 2. The molecule has 2 heterocycles. The lowest BCUT2D eigenvalue weighted by atomic mass is 9.89. The number of nitrogens with one attached hydrogen (secondary N) is 1. The number of aromatic nitrogens is 1. The summed E-state index contributed by atoms with van der Waals surface area (Å²) in [5, 5.41) is 6.57. The van der Waals surface area contributed by atoms with Crippen LogP contribution in [0.5, 0.6) is 0 Å². The average molecular weight is 323 g/mol. The van der Waals surface area contributed by atoms with E-state index in [4.69, 9.17) is 9.26 Å². The molecule has 128 valence electrons. The van der Waals surface area contributed by atoms with Crippen molar-refractivity contribution >= 4 is 17.7 Å². The van der Waals surface area contributed by atoms with Crippen molar-refractivity contribution in [2.75, 3.05) is 11.9 Å². The van der Waals surface area contributed by atoms with Crippen LogP contribution in [0.2, 0.25) is 0 Å². The van der Waals surface area contributed by atoms with Crippen LogP contribution >= 0.6 is 0 Å². The zero-order valence-corrected chi connectivity index (χ0v) is 14.4. The van der Waals surface area contributed by atoms with Crippen molar-refractivity contribution in [3.63, 3.8) is 0 Å². The fourth-order valence-electron chi connectivity index (χ4n) is 2.71. The van der Waals surface area contributed by atoms with Gasteiger partial charge in [-0.3, -0.25) is 4.79 Å². The molecule has 1 saturated heterocycles. The van der Waals surface area contributed by atoms with Gasteiger partial charge in [0.2, 0.25) is 5.91 Å². The number of hydrogen-bond donors (Lipinski definition) is 1. The summed E-state index contributed by atoms with van der Waals surface area (Å²) in [4.78, 5) is 26.5. The van der Waals surface area contributed by atoms with Crippen LogP contribution in [0.3, 0.4) is 0 Å². The molecule has 7 nitrogen and oxygen atoms in total. The van der Waals surface area contributed by atoms with Gasteiger partial charge in [0, 0.05) is 12.6 Å². The van der Waals surface area contributed by atoms with Crippen molar-refractivity contribution in [1.82, 2.24) is 10.1 Å². The molecule has 0 aromatic carbocycles. The molecule has 0 radical (unpaired) electrons. The summed E-state index contributed by atoms with van der Waals surface area (Å²) < 4.78 is 10.3. The summed E-state index contributed by atoms with van der Waals surface area (Å²) in [5.74, 6) is -0.414. The summed E-state index contributed by atoms with van der Waals surface area (Å²) >= 11 is 0. The first-order valence-electron chi connectivity index (χ1n) is 7.90. The van der Waals surface area contributed by atoms with Crippen LogP contribution in [-0.2, 0) is 9.53 Å². The number of likely N-dealkylation sites (tertiary alicyclic amines) is 1. The minimum atomic E-state index is -0.550. The molecule has 1 aliphatic rings. The van der Waals surface area contributed by atoms with Gasteiger partial charge in [-0.05, 0) is 47.5 Å². The zero-order chi connectivity index (χ0) is 17.2. The molecule has 1 fully saturated rings. The van der Waals surface area contributed by atoms with Gasteiger partial charge < -0.3 is 19.5 Å². The molecule has 1 aromatic rings. The number of hydrogen-bond acceptors (Lipinski definition) is 5. The van der Waals surface area contributed by atoms with E-state index in [0.717, 1.165) is 12.8 Å². The van der Waals surface area contributed by atoms with Crippen LogP contribution in [0.25, 0.3) is 0 Å². The second-order valence-corrected chi connectivity index (χ2v) is 6.97. The van der Waals surface area contributed by atoms with E-state index in [1.54, 1.807) is 11.8 Å². The third-order valence-corrected chi connectivity index (χ3v) is 3.96. The van der Waals surface area contributed by atoms with Crippen LogP contribution in [0.1, 0.15) is 46.2 Å². The normalized spacial score (nSPS) is 21.9. The topological polar surface area (TPSA) is 84.7 Å². The zero-order valence-electron chi connectivity index (χ0n) is 14.4. The van der Waals surface area contributed by atoms with Crippen molar-refractivity contribution in [3.8, 4) is 0 Å². The SMILES string of the molecule is Cc1nocc1NC(=O)[C@@H]1CCCN(C(=O)OC(C)(C)C)[C@@H]1C. The van der Waals surface area contributed by atoms with Crippen molar-refractivity contribution in [2.45, 2.75) is 59.1 Å². The van der Waals surface area contributed by atoms with Gasteiger partial charge in [0.25, 0.3) is 0 Å². The van der Waals surface area contributed by atoms with Crippen LogP contribution in [-0.4, -0.2) is 40.2 Å². The molecule has 0 bridgehead atoms. The number of ether oxygens (including phenoxy) is 1. The van der Waals surface area contributed by atoms with Crippen molar-refractivity contribution in [1.29, 1.82) is 0 Å². The van der Waals surface area contributed by atoms with Gasteiger partial charge in [0.15, 0.2) is 0 Å². The molecule has 2 amide bonds. The predicted molar refractivity (Wildman–Crippen MR) is 85.0 cm³/mol. The molecule has 0 spiro atoms. The highest BCUT2D eigenvalue weighted by atomic mass is 16.6. The first-order chi connectivity index (χ1) is 10.7. The minimum absolute atomic E-state index is 0.128. The Morgan fingerprint density at radius 2 is 2.13 bits per heavy atom. The number of anilines is 1. The highest BCUT2D eigenvalue weighted by molar-refractivity contribution is 5.93. The lowest BCUT2D eigenvalue weighted by Gasteiger charge is -2.39. The lowest BCUT2D eigenvalue weighted by Crippen LogP contribution is -2.51. The van der Waals surface area contributed by atoms with E-state index in [1.165, 1.54) is 6.26 Å². The Balaban J connectivity index is 2.04. The van der Waals surface area contributed by atoms with Crippen molar-refractivity contribution < 1.29 is 18.8 Å². The van der Waals surface area contributed by atoms with Gasteiger partial charge in [-0.15, -0.1) is 0 Å². The highest BCUT2D eigenvalue weighted by Crippen LogP contribution is 2.27. The summed E-state index contributed by atoms with van der Waals surface area (Å²) in [5.41, 5.74) is 0.647. The second kappa shape index (κ2) is 6.60. The predicted octanol–water partition coefficient (Wildman–Crippen LogP) is 2.96. The molecule has 0 saturated carbocycles. The number of nitrogens with zero attached hydrogens (tertiary/aromatic N) is 2. The fourth-order valence-corrected chi connectivity index (χ4v) is 2.71. The molecule has 7 heteroatoms. The second-order valence-electron chi connectivity index (χ2n) is 6.97. The molecule has 23 heavy (non-hydrogen) atoms. The number of amides is 2. The number of carbonyl (C=O) groups is 2. The Morgan fingerprint density at radius 3 is 2.70 bits per heavy atom. The number of aryl methyl sites for hydroxylation is 1. The Hall–Kier alpha value is -2.05. The molecule has 1 aromatic heterocycles. The third-order valence-electron chi connectivity index (χ3n) is 3.96. The quantitative estimate of drug-likeness (QED) is 0.904. The van der Waals surface area contributed by atoms with Crippen molar-refractivity contribution in [3.05, 3.63) is 12.0 Å². The number of carbonyl (C=O) groups excluding carboxylic acids is 2. The van der Waals surface area contributed by atoms with Crippen LogP contribution < -0.4 is 5.32 Å². The summed E-state index contributed by atoms with van der Waals surface area (Å²) in [6, 6.07) is -0.223. The Bertz CT molecular complexity index is 576. The third kappa shape index (κ3) is 4.24. The highest BCUT2D eigenvalue weighted by Gasteiger charge is 2.37. The maximum atomic E-state index is 12.5. The van der Waals surface area contributed by atoms with Crippen LogP contribution in [0.15, 0.2) is 10.8 Å². The average Bonchev–Trinajstić information content (AvgIpc) is 2.82. The molecule has 0 aliphatic carbocycles. The molecule has 2 atom stereocenters. The van der Waals surface area contributed by atoms with E-state index in [2.05, 4.69) is 10.5 Å². The van der Waals surface area contributed by atoms with E-state index in [-0.39, 0.29) is 24.0 Å². The van der Waals surface area contributed by atoms with E-state index in [0.29, 0.717) is 17.9 Å². The standard InChI is InChI=1S/C16H25N3O4/c1-10-13(9-22-18-10)17-14(20)12-7-6-8-19(11(12)2)15(21)23-16(3,4)5/h9,11-12H,6-8H2,1-5H3,(H,17,20)/t11-,12-/m1/s1. The Kier molecular flexibility index (Phi) is 4.97.